The number of methoxy groups -OCH3 is 1. The fourth-order valence-corrected chi connectivity index (χ4v) is 3.90. The highest BCUT2D eigenvalue weighted by atomic mass is 16.5. The summed E-state index contributed by atoms with van der Waals surface area (Å²) in [7, 11) is 1.60. The Kier molecular flexibility index (Phi) is 5.31. The first-order valence-corrected chi connectivity index (χ1v) is 10.6. The van der Waals surface area contributed by atoms with E-state index in [1.165, 1.54) is 6.07 Å². The predicted octanol–water partition coefficient (Wildman–Crippen LogP) is 2.68. The van der Waals surface area contributed by atoms with Crippen molar-refractivity contribution in [1.29, 1.82) is 0 Å². The quantitative estimate of drug-likeness (QED) is 0.358. The van der Waals surface area contributed by atoms with E-state index in [0.717, 1.165) is 10.9 Å². The molecule has 34 heavy (non-hydrogen) atoms. The first kappa shape index (κ1) is 21.4. The summed E-state index contributed by atoms with van der Waals surface area (Å²) in [6, 6.07) is 19.0. The van der Waals surface area contributed by atoms with E-state index in [1.807, 2.05) is 48.5 Å². The van der Waals surface area contributed by atoms with Crippen molar-refractivity contribution in [3.05, 3.63) is 72.3 Å². The van der Waals surface area contributed by atoms with Crippen LogP contribution >= 0.6 is 0 Å². The molecule has 1 amide bonds. The largest absolute Gasteiger partial charge is 0.508 e. The Hall–Kier alpha value is -4.50. The molecule has 0 unspecified atom stereocenters. The van der Waals surface area contributed by atoms with Crippen LogP contribution in [0.2, 0.25) is 0 Å². The van der Waals surface area contributed by atoms with Crippen LogP contribution in [0.15, 0.2) is 66.7 Å². The summed E-state index contributed by atoms with van der Waals surface area (Å²) in [6.45, 7) is 0. The lowest BCUT2D eigenvalue weighted by molar-refractivity contribution is -0.119. The van der Waals surface area contributed by atoms with E-state index in [2.05, 4.69) is 0 Å². The fraction of sp³-hybridized carbons (Fsp3) is 0.120. The molecule has 0 fully saturated rings. The molecule has 5 N–H and O–H groups in total. The monoisotopic (exact) mass is 454 g/mol. The first-order valence-electron chi connectivity index (χ1n) is 10.6. The normalized spacial score (nSPS) is 12.2. The number of carbonyl (C=O) groups excluding carboxylic acids is 1. The molecule has 0 saturated heterocycles. The summed E-state index contributed by atoms with van der Waals surface area (Å²) in [6.07, 6.45) is 0.179. The summed E-state index contributed by atoms with van der Waals surface area (Å²) in [5, 5.41) is 15.8. The number of phenols is 1. The maximum absolute atomic E-state index is 11.6. The van der Waals surface area contributed by atoms with E-state index in [-0.39, 0.29) is 12.2 Å². The highest BCUT2D eigenvalue weighted by Crippen LogP contribution is 2.31. The molecule has 5 rings (SSSR count). The van der Waals surface area contributed by atoms with Crippen LogP contribution in [0, 0.1) is 0 Å². The van der Waals surface area contributed by atoms with Gasteiger partial charge >= 0.3 is 0 Å². The lowest BCUT2D eigenvalue weighted by atomic mass is 9.99. The number of para-hydroxylation sites is 1. The molecule has 2 aromatic heterocycles. The Balaban J connectivity index is 1.78. The van der Waals surface area contributed by atoms with Crippen molar-refractivity contribution in [1.82, 2.24) is 19.6 Å². The van der Waals surface area contributed by atoms with Crippen molar-refractivity contribution in [2.45, 2.75) is 12.5 Å². The molecule has 3 aromatic carbocycles. The average Bonchev–Trinajstić information content (AvgIpc) is 3.30. The Morgan fingerprint density at radius 1 is 1.09 bits per heavy atom. The molecule has 1 atom stereocenters. The van der Waals surface area contributed by atoms with Gasteiger partial charge in [0.1, 0.15) is 11.5 Å². The van der Waals surface area contributed by atoms with Gasteiger partial charge in [-0.2, -0.15) is 4.52 Å². The minimum Gasteiger partial charge on any atom is -0.508 e. The number of hydrogen-bond donors (Lipinski definition) is 3. The molecule has 0 aliphatic rings. The summed E-state index contributed by atoms with van der Waals surface area (Å²) in [5.41, 5.74) is 14.7. The number of aromatic nitrogens is 4. The minimum absolute atomic E-state index is 0.0441. The molecule has 0 bridgehead atoms. The van der Waals surface area contributed by atoms with E-state index < -0.39 is 11.9 Å². The number of aromatic hydroxyl groups is 1. The van der Waals surface area contributed by atoms with Crippen molar-refractivity contribution in [2.75, 3.05) is 7.11 Å². The van der Waals surface area contributed by atoms with Crippen molar-refractivity contribution in [3.63, 3.8) is 0 Å². The molecule has 0 radical (unpaired) electrons. The minimum atomic E-state index is -0.887. The van der Waals surface area contributed by atoms with E-state index in [9.17, 15) is 9.90 Å². The third-order valence-corrected chi connectivity index (χ3v) is 5.65. The number of carbonyl (C=O) groups is 1. The highest BCUT2D eigenvalue weighted by Gasteiger charge is 2.20. The molecule has 170 valence electrons. The van der Waals surface area contributed by atoms with Crippen molar-refractivity contribution < 1.29 is 14.6 Å². The molecule has 5 aromatic rings. The summed E-state index contributed by atoms with van der Waals surface area (Å²) >= 11 is 0. The van der Waals surface area contributed by atoms with Crippen LogP contribution in [0.3, 0.4) is 0 Å². The molecule has 9 nitrogen and oxygen atoms in total. The summed E-state index contributed by atoms with van der Waals surface area (Å²) in [5.74, 6) is 1.07. The van der Waals surface area contributed by atoms with Crippen LogP contribution < -0.4 is 16.2 Å². The third-order valence-electron chi connectivity index (χ3n) is 5.65. The molecular formula is C25H22N6O3. The van der Waals surface area contributed by atoms with Gasteiger partial charge in [0.2, 0.25) is 5.91 Å². The van der Waals surface area contributed by atoms with E-state index >= 15 is 0 Å². The SMILES string of the molecule is COc1cccc(-c2nc3c4ccccc4nc(-c4cc(O)ccc4C[C@H](N)C(N)=O)n3n2)c1. The number of nitrogens with two attached hydrogens (primary N) is 2. The number of nitrogens with zero attached hydrogens (tertiary/aromatic N) is 4. The smallest absolute Gasteiger partial charge is 0.234 e. The lowest BCUT2D eigenvalue weighted by Gasteiger charge is -2.14. The molecular weight excluding hydrogens is 432 g/mol. The molecule has 2 heterocycles. The zero-order chi connectivity index (χ0) is 23.8. The van der Waals surface area contributed by atoms with Gasteiger partial charge in [-0.05, 0) is 48.4 Å². The van der Waals surface area contributed by atoms with Gasteiger partial charge < -0.3 is 21.3 Å². The fourth-order valence-electron chi connectivity index (χ4n) is 3.90. The van der Waals surface area contributed by atoms with Crippen molar-refractivity contribution in [3.8, 4) is 34.3 Å². The number of ether oxygens (including phenoxy) is 1. The highest BCUT2D eigenvalue weighted by molar-refractivity contribution is 5.93. The van der Waals surface area contributed by atoms with Crippen molar-refractivity contribution in [2.24, 2.45) is 11.5 Å². The van der Waals surface area contributed by atoms with Gasteiger partial charge in [0.15, 0.2) is 17.3 Å². The zero-order valence-corrected chi connectivity index (χ0v) is 18.3. The number of phenolic OH excluding ortho intramolecular Hbond substituents is 1. The van der Waals surface area contributed by atoms with Gasteiger partial charge in [0, 0.05) is 16.5 Å². The Labute approximate surface area is 194 Å². The van der Waals surface area contributed by atoms with E-state index in [1.54, 1.807) is 23.8 Å². The van der Waals surface area contributed by atoms with E-state index in [4.69, 9.17) is 31.3 Å². The average molecular weight is 454 g/mol. The Morgan fingerprint density at radius 2 is 1.91 bits per heavy atom. The van der Waals surface area contributed by atoms with Gasteiger partial charge in [0.25, 0.3) is 0 Å². The summed E-state index contributed by atoms with van der Waals surface area (Å²) in [4.78, 5) is 21.3. The third kappa shape index (κ3) is 3.78. The Morgan fingerprint density at radius 3 is 2.71 bits per heavy atom. The number of fused-ring (bicyclic) bond motifs is 3. The predicted molar refractivity (Wildman–Crippen MR) is 128 cm³/mol. The number of benzene rings is 3. The van der Waals surface area contributed by atoms with Crippen LogP contribution in [0.5, 0.6) is 11.5 Å². The lowest BCUT2D eigenvalue weighted by Crippen LogP contribution is -2.38. The van der Waals surface area contributed by atoms with Gasteiger partial charge in [-0.3, -0.25) is 4.79 Å². The number of amides is 1. The standard InChI is InChI=1S/C25H22N6O3/c1-34-17-6-4-5-15(11-17)23-29-24-18-7-2-3-8-21(18)28-25(31(24)30-23)19-13-16(32)10-9-14(19)12-20(26)22(27)33/h2-11,13,20,32H,12,26H2,1H3,(H2,27,33)/t20-/m0/s1. The second kappa shape index (κ2) is 8.45. The molecule has 0 spiro atoms. The second-order valence-electron chi connectivity index (χ2n) is 7.91. The summed E-state index contributed by atoms with van der Waals surface area (Å²) < 4.78 is 6.99. The number of rotatable bonds is 6. The molecule has 0 aliphatic heterocycles. The van der Waals surface area contributed by atoms with Gasteiger partial charge in [-0.1, -0.05) is 30.3 Å². The van der Waals surface area contributed by atoms with Crippen LogP contribution in [0.25, 0.3) is 39.3 Å². The second-order valence-corrected chi connectivity index (χ2v) is 7.91. The number of hydrogen-bond acceptors (Lipinski definition) is 7. The van der Waals surface area contributed by atoms with Gasteiger partial charge in [-0.25, -0.2) is 9.97 Å². The first-order chi connectivity index (χ1) is 16.4. The molecule has 9 heteroatoms. The van der Waals surface area contributed by atoms with Crippen LogP contribution in [0.1, 0.15) is 5.56 Å². The van der Waals surface area contributed by atoms with Crippen LogP contribution in [0.4, 0.5) is 0 Å². The molecule has 0 aliphatic carbocycles. The molecule has 0 saturated carbocycles. The van der Waals surface area contributed by atoms with Crippen molar-refractivity contribution >= 4 is 22.5 Å². The maximum Gasteiger partial charge on any atom is 0.234 e. The van der Waals surface area contributed by atoms with E-state index in [0.29, 0.717) is 39.7 Å². The van der Waals surface area contributed by atoms with Gasteiger partial charge in [0.05, 0.1) is 18.7 Å². The van der Waals surface area contributed by atoms with Crippen LogP contribution in [-0.2, 0) is 11.2 Å². The van der Waals surface area contributed by atoms with Crippen LogP contribution in [-0.4, -0.2) is 43.7 Å². The topological polar surface area (TPSA) is 142 Å². The Bertz CT molecular complexity index is 1550. The maximum atomic E-state index is 11.6. The van der Waals surface area contributed by atoms with Gasteiger partial charge in [-0.15, -0.1) is 5.10 Å². The number of primary amides is 1. The zero-order valence-electron chi connectivity index (χ0n) is 18.3.